The summed E-state index contributed by atoms with van der Waals surface area (Å²) in [7, 11) is -5.00. The molecule has 116 heavy (non-hydrogen) atoms. The average molecular weight is 1780 g/mol. The fourth-order valence-corrected chi connectivity index (χ4v) is 18.2. The van der Waals surface area contributed by atoms with Crippen LogP contribution in [0.15, 0.2) is 177 Å². The highest BCUT2D eigenvalue weighted by atomic mass is 35.5. The number of aromatic nitrogens is 21. The zero-order valence-corrected chi connectivity index (χ0v) is 71.8. The molecule has 15 aromatic rings. The summed E-state index contributed by atoms with van der Waals surface area (Å²) >= 11 is 19.0. The van der Waals surface area contributed by atoms with Gasteiger partial charge in [0.15, 0.2) is 17.5 Å². The van der Waals surface area contributed by atoms with E-state index in [4.69, 9.17) is 59.8 Å². The number of nitrogens with one attached hydrogen (secondary N) is 2. The highest BCUT2D eigenvalue weighted by molar-refractivity contribution is 7.85. The molecule has 15 aromatic heterocycles. The molecule has 42 heteroatoms. The van der Waals surface area contributed by atoms with E-state index >= 15 is 0 Å². The maximum Gasteiger partial charge on any atom is 0.285 e. The van der Waals surface area contributed by atoms with Crippen molar-refractivity contribution < 1.29 is 17.4 Å². The molecule has 18 rings (SSSR count). The van der Waals surface area contributed by atoms with Crippen molar-refractivity contribution >= 4 is 196 Å². The van der Waals surface area contributed by atoms with Gasteiger partial charge in [-0.1, -0.05) is 87.5 Å². The normalized spacial score (nSPS) is 16.0. The molecule has 612 valence electrons. The molecule has 3 aliphatic heterocycles. The maximum atomic E-state index is 13.9. The molecule has 0 aromatic carbocycles. The SMILES string of the molecule is C.C.CS(=O)c1cn(COCC[Si](C)(C)C)c2ncnc(N3CCC[C@H]3c3nn4ccc(Cl)c4c(=O)n3-c3ccccn3)c12.C[S@@](=O)c1c[nH]c2ncnc(N3CCC[C@H]3c3nn4ccc(Cl)c4c(=O)n3-c3ccccn3)c12.C[S@](=O)c1c[nH]c2ncnc(N3CCC[C@H]3c3nn4ccc(Cl)c4c(=O)n3-c3ccccn3)c12.S.S.S.S. The number of ether oxygens (including phenoxy) is 1. The molecule has 0 spiro atoms. The number of hydrogen-bond acceptors (Lipinski definition) is 22. The molecule has 2 N–H and O–H groups in total. The molecule has 0 radical (unpaired) electrons. The third-order valence-corrected chi connectivity index (χ3v) is 25.1. The predicted molar refractivity (Wildman–Crippen MR) is 480 cm³/mol. The fourth-order valence-electron chi connectivity index (χ4n) is 14.7. The fraction of sp³-hybridized carbons (Fsp3) is 0.311. The molecule has 6 atom stereocenters. The molecule has 1 unspecified atom stereocenters. The van der Waals surface area contributed by atoms with Gasteiger partial charge in [-0.25, -0.2) is 72.1 Å². The van der Waals surface area contributed by atoms with Crippen molar-refractivity contribution in [3.8, 4) is 17.5 Å². The van der Waals surface area contributed by atoms with E-state index < -0.39 is 40.5 Å². The highest BCUT2D eigenvalue weighted by Crippen LogP contribution is 2.43. The van der Waals surface area contributed by atoms with Crippen LogP contribution in [0.4, 0.5) is 17.5 Å². The molecule has 0 amide bonds. The van der Waals surface area contributed by atoms with E-state index in [0.29, 0.717) is 154 Å². The van der Waals surface area contributed by atoms with Gasteiger partial charge >= 0.3 is 0 Å². The molecule has 3 saturated heterocycles. The van der Waals surface area contributed by atoms with Crippen molar-refractivity contribution in [1.82, 2.24) is 102 Å². The molecular formula is C74H87Cl3N24O7S7Si. The van der Waals surface area contributed by atoms with E-state index in [1.165, 1.54) is 41.7 Å². The number of pyridine rings is 3. The minimum Gasteiger partial charge on any atom is -0.361 e. The number of anilines is 3. The van der Waals surface area contributed by atoms with Crippen molar-refractivity contribution in [3.63, 3.8) is 0 Å². The number of H-pyrrole nitrogens is 2. The van der Waals surface area contributed by atoms with Crippen molar-refractivity contribution in [3.05, 3.63) is 211 Å². The summed E-state index contributed by atoms with van der Waals surface area (Å²) in [6, 6.07) is 21.4. The summed E-state index contributed by atoms with van der Waals surface area (Å²) in [5, 5.41) is 17.7. The number of rotatable bonds is 17. The van der Waals surface area contributed by atoms with E-state index in [1.807, 2.05) is 29.0 Å². The predicted octanol–water partition coefficient (Wildman–Crippen LogP) is 12.2. The van der Waals surface area contributed by atoms with Crippen molar-refractivity contribution in [2.75, 3.05) is 59.7 Å². The summed E-state index contributed by atoms with van der Waals surface area (Å²) < 4.78 is 54.9. The van der Waals surface area contributed by atoms with Gasteiger partial charge in [-0.3, -0.25) is 27.0 Å². The van der Waals surface area contributed by atoms with Gasteiger partial charge in [-0.05, 0) is 99.2 Å². The van der Waals surface area contributed by atoms with Crippen LogP contribution < -0.4 is 31.4 Å². The van der Waals surface area contributed by atoms with Crippen LogP contribution in [0.25, 0.3) is 67.1 Å². The first-order valence-corrected chi connectivity index (χ1v) is 44.7. The zero-order chi connectivity index (χ0) is 76.4. The Hall–Kier alpha value is -9.13. The minimum absolute atomic E-state index is 0. The maximum absolute atomic E-state index is 13.9. The summed E-state index contributed by atoms with van der Waals surface area (Å²) in [4.78, 5) is 95.9. The second-order valence-electron chi connectivity index (χ2n) is 27.7. The Bertz CT molecular complexity index is 6080. The quantitative estimate of drug-likeness (QED) is 0.0631. The largest absolute Gasteiger partial charge is 0.361 e. The Morgan fingerprint density at radius 2 is 0.828 bits per heavy atom. The number of fused-ring (bicyclic) bond motifs is 6. The average Bonchev–Trinajstić information content (AvgIpc) is 1.53. The van der Waals surface area contributed by atoms with Gasteiger partial charge in [0.1, 0.15) is 94.1 Å². The van der Waals surface area contributed by atoms with Crippen LogP contribution >= 0.6 is 88.8 Å². The monoisotopic (exact) mass is 1780 g/mol. The molecular weight excluding hydrogens is 1700 g/mol. The van der Waals surface area contributed by atoms with Crippen molar-refractivity contribution in [2.24, 2.45) is 0 Å². The van der Waals surface area contributed by atoms with Crippen LogP contribution in [-0.2, 0) is 43.9 Å². The lowest BCUT2D eigenvalue weighted by Gasteiger charge is -2.27. The van der Waals surface area contributed by atoms with E-state index in [2.05, 4.69) is 84.2 Å². The Balaban J connectivity index is 0.000000180. The van der Waals surface area contributed by atoms with E-state index in [-0.39, 0.29) is 109 Å². The van der Waals surface area contributed by atoms with Crippen molar-refractivity contribution in [1.29, 1.82) is 0 Å². The molecule has 3 aliphatic rings. The van der Waals surface area contributed by atoms with Crippen LogP contribution in [0.2, 0.25) is 40.8 Å². The third kappa shape index (κ3) is 16.8. The first kappa shape index (κ1) is 89.2. The van der Waals surface area contributed by atoms with E-state index in [9.17, 15) is 27.0 Å². The minimum atomic E-state index is -1.30. The van der Waals surface area contributed by atoms with Crippen LogP contribution in [0.5, 0.6) is 0 Å². The van der Waals surface area contributed by atoms with Crippen LogP contribution in [0, 0.1) is 0 Å². The van der Waals surface area contributed by atoms with Gasteiger partial charge in [-0.2, -0.15) is 69.3 Å². The van der Waals surface area contributed by atoms with Gasteiger partial charge in [0.05, 0.1) is 96.4 Å². The summed E-state index contributed by atoms with van der Waals surface area (Å²) in [6.45, 7) is 9.98. The molecule has 3 fully saturated rings. The summed E-state index contributed by atoms with van der Waals surface area (Å²) in [6.07, 6.45) is 29.5. The lowest BCUT2D eigenvalue weighted by atomic mass is 10.2. The number of hydrogen-bond donors (Lipinski definition) is 2. The highest BCUT2D eigenvalue weighted by Gasteiger charge is 2.39. The van der Waals surface area contributed by atoms with Gasteiger partial charge < -0.3 is 34.0 Å². The Morgan fingerprint density at radius 3 is 1.16 bits per heavy atom. The van der Waals surface area contributed by atoms with Gasteiger partial charge in [0.25, 0.3) is 16.7 Å². The second kappa shape index (κ2) is 37.2. The van der Waals surface area contributed by atoms with E-state index in [0.717, 1.165) is 50.0 Å². The number of nitrogens with zero attached hydrogens (tertiary/aromatic N) is 22. The zero-order valence-electron chi connectivity index (χ0n) is 62.1. The Morgan fingerprint density at radius 1 is 0.474 bits per heavy atom. The standard InChI is InChI=1S/C28H33ClN8O3SSi.2C22H19ClN8O2S.2CH4.4H2S/c1-41(39)21-16-34(18-40-14-15-42(2,3)4)26-23(21)27(32-17-31-26)35-12-7-8-20(35)25-33-36-13-10-19(29)24(36)28(38)37(25)22-9-5-6-11-30-22;2*1-34(33)15-11-25-19-17(15)21(27-12-26-19)29-9-4-5-14(29)20-28-30-10-7-13(23)18(30)22(32)31(20)16-6-2-3-8-24-16;;;;;;/h5-6,9-11,13,16-17,20H,7-8,12,14-15,18H2,1-4H3;2*2-3,6-8,10-12,14H,4-5,9H2,1H3,(H,25,26,27);2*1H4;4*1H2/t20-,41?;14-,34+;14-,34-;;;;;;/m000....../s1. The van der Waals surface area contributed by atoms with Gasteiger partial charge in [0.2, 0.25) is 0 Å². The first-order valence-electron chi connectivity index (χ1n) is 35.2. The first-order chi connectivity index (χ1) is 53.2. The van der Waals surface area contributed by atoms with Crippen molar-refractivity contribution in [2.45, 2.75) is 119 Å². The van der Waals surface area contributed by atoms with Gasteiger partial charge in [0, 0.05) is 109 Å². The Kier molecular flexibility index (Phi) is 28.6. The molecule has 18 heterocycles. The lowest BCUT2D eigenvalue weighted by molar-refractivity contribution is 0.0896. The topological polar surface area (TPSA) is 341 Å². The Labute approximate surface area is 716 Å². The molecule has 31 nitrogen and oxygen atoms in total. The molecule has 0 saturated carbocycles. The van der Waals surface area contributed by atoms with Gasteiger partial charge in [-0.15, -0.1) is 0 Å². The van der Waals surface area contributed by atoms with Crippen LogP contribution in [0.3, 0.4) is 0 Å². The number of aromatic amines is 2. The van der Waals surface area contributed by atoms with Crippen LogP contribution in [0.1, 0.15) is 89.0 Å². The third-order valence-electron chi connectivity index (χ3n) is 19.7. The lowest BCUT2D eigenvalue weighted by Crippen LogP contribution is -2.33. The summed E-state index contributed by atoms with van der Waals surface area (Å²) in [5.41, 5.74) is 1.86. The van der Waals surface area contributed by atoms with Crippen LogP contribution in [-0.4, -0.2) is 168 Å². The number of halogens is 3. The summed E-state index contributed by atoms with van der Waals surface area (Å²) in [5.74, 6) is 4.94. The molecule has 0 bridgehead atoms. The second-order valence-corrected chi connectivity index (χ2v) is 38.6. The smallest absolute Gasteiger partial charge is 0.285 e. The molecule has 0 aliphatic carbocycles. The van der Waals surface area contributed by atoms with E-state index in [1.54, 1.807) is 128 Å².